The van der Waals surface area contributed by atoms with Crippen LogP contribution in [0.4, 0.5) is 10.1 Å². The van der Waals surface area contributed by atoms with Crippen molar-refractivity contribution in [2.45, 2.75) is 25.0 Å². The van der Waals surface area contributed by atoms with Crippen LogP contribution in [0.3, 0.4) is 0 Å². The number of rotatable bonds is 8. The van der Waals surface area contributed by atoms with E-state index in [2.05, 4.69) is 31.4 Å². The number of carbonyl (C=O) groups excluding carboxylic acids is 1. The standard InChI is InChI=1S/C20H20BrFN4O2S/c1-3-26-18(10-13-4-7-15(28-2)8-5-13)24-25-20(26)29-12-19(27)23-17-9-6-14(21)11-16(17)22/h4-9,11H,3,10,12H2,1-2H3,(H,23,27). The summed E-state index contributed by atoms with van der Waals surface area (Å²) in [6, 6.07) is 12.3. The van der Waals surface area contributed by atoms with Crippen LogP contribution in [0.25, 0.3) is 0 Å². The molecule has 0 fully saturated rings. The Hall–Kier alpha value is -2.39. The van der Waals surface area contributed by atoms with Gasteiger partial charge in [0.15, 0.2) is 5.16 Å². The number of hydrogen-bond donors (Lipinski definition) is 1. The molecule has 3 aromatic rings. The van der Waals surface area contributed by atoms with Crippen molar-refractivity contribution in [3.63, 3.8) is 0 Å². The topological polar surface area (TPSA) is 69.0 Å². The van der Waals surface area contributed by atoms with Gasteiger partial charge in [-0.25, -0.2) is 4.39 Å². The average molecular weight is 479 g/mol. The summed E-state index contributed by atoms with van der Waals surface area (Å²) in [6.45, 7) is 2.69. The summed E-state index contributed by atoms with van der Waals surface area (Å²) in [5.74, 6) is 0.931. The number of nitrogens with one attached hydrogen (secondary N) is 1. The van der Waals surface area contributed by atoms with E-state index < -0.39 is 5.82 Å². The number of carbonyl (C=O) groups is 1. The second-order valence-corrected chi connectivity index (χ2v) is 7.99. The molecule has 6 nitrogen and oxygen atoms in total. The molecular formula is C20H20BrFN4O2S. The van der Waals surface area contributed by atoms with Crippen LogP contribution in [0.1, 0.15) is 18.3 Å². The van der Waals surface area contributed by atoms with Gasteiger partial charge in [-0.2, -0.15) is 0 Å². The van der Waals surface area contributed by atoms with Crippen molar-refractivity contribution in [3.05, 3.63) is 64.1 Å². The highest BCUT2D eigenvalue weighted by atomic mass is 79.9. The van der Waals surface area contributed by atoms with Gasteiger partial charge in [0.1, 0.15) is 17.4 Å². The molecule has 0 bridgehead atoms. The Morgan fingerprint density at radius 3 is 2.66 bits per heavy atom. The molecule has 0 saturated heterocycles. The highest BCUT2D eigenvalue weighted by Gasteiger charge is 2.14. The van der Waals surface area contributed by atoms with Crippen LogP contribution in [0.5, 0.6) is 5.75 Å². The van der Waals surface area contributed by atoms with Crippen molar-refractivity contribution in [1.29, 1.82) is 0 Å². The summed E-state index contributed by atoms with van der Waals surface area (Å²) >= 11 is 4.46. The summed E-state index contributed by atoms with van der Waals surface area (Å²) < 4.78 is 21.6. The van der Waals surface area contributed by atoms with Gasteiger partial charge in [-0.05, 0) is 42.8 Å². The number of anilines is 1. The second-order valence-electron chi connectivity index (χ2n) is 6.13. The fraction of sp³-hybridized carbons (Fsp3) is 0.250. The van der Waals surface area contributed by atoms with E-state index in [-0.39, 0.29) is 17.3 Å². The number of nitrogens with zero attached hydrogens (tertiary/aromatic N) is 3. The first-order valence-electron chi connectivity index (χ1n) is 8.93. The number of amides is 1. The van der Waals surface area contributed by atoms with Crippen LogP contribution in [0, 0.1) is 5.82 Å². The first-order valence-corrected chi connectivity index (χ1v) is 10.7. The van der Waals surface area contributed by atoms with Crippen LogP contribution >= 0.6 is 27.7 Å². The van der Waals surface area contributed by atoms with Crippen molar-refractivity contribution in [2.75, 3.05) is 18.2 Å². The van der Waals surface area contributed by atoms with Gasteiger partial charge >= 0.3 is 0 Å². The van der Waals surface area contributed by atoms with Gasteiger partial charge in [-0.1, -0.05) is 39.8 Å². The van der Waals surface area contributed by atoms with E-state index in [1.54, 1.807) is 13.2 Å². The van der Waals surface area contributed by atoms with Crippen molar-refractivity contribution >= 4 is 39.3 Å². The molecule has 0 aliphatic carbocycles. The lowest BCUT2D eigenvalue weighted by molar-refractivity contribution is -0.113. The lowest BCUT2D eigenvalue weighted by atomic mass is 10.1. The molecule has 0 aliphatic rings. The predicted molar refractivity (Wildman–Crippen MR) is 115 cm³/mol. The molecule has 9 heteroatoms. The molecular weight excluding hydrogens is 459 g/mol. The Bertz CT molecular complexity index is 995. The quantitative estimate of drug-likeness (QED) is 0.481. The molecule has 0 atom stereocenters. The Morgan fingerprint density at radius 2 is 2.00 bits per heavy atom. The fourth-order valence-electron chi connectivity index (χ4n) is 2.71. The summed E-state index contributed by atoms with van der Waals surface area (Å²) in [7, 11) is 1.63. The highest BCUT2D eigenvalue weighted by molar-refractivity contribution is 9.10. The third kappa shape index (κ3) is 5.57. The van der Waals surface area contributed by atoms with E-state index in [1.807, 2.05) is 35.8 Å². The van der Waals surface area contributed by atoms with Gasteiger partial charge in [0, 0.05) is 17.4 Å². The number of benzene rings is 2. The van der Waals surface area contributed by atoms with E-state index >= 15 is 0 Å². The largest absolute Gasteiger partial charge is 0.497 e. The van der Waals surface area contributed by atoms with Gasteiger partial charge in [0.05, 0.1) is 18.6 Å². The molecule has 0 unspecified atom stereocenters. The number of ether oxygens (including phenoxy) is 1. The minimum absolute atomic E-state index is 0.107. The molecule has 0 spiro atoms. The third-order valence-corrected chi connectivity index (χ3v) is 5.63. The van der Waals surface area contributed by atoms with Gasteiger partial charge in [-0.3, -0.25) is 4.79 Å². The zero-order valence-electron chi connectivity index (χ0n) is 16.0. The summed E-state index contributed by atoms with van der Waals surface area (Å²) in [6.07, 6.45) is 0.627. The van der Waals surface area contributed by atoms with Gasteiger partial charge in [0.2, 0.25) is 5.91 Å². The van der Waals surface area contributed by atoms with E-state index in [0.717, 1.165) is 17.1 Å². The lowest BCUT2D eigenvalue weighted by Crippen LogP contribution is -2.15. The number of hydrogen-bond acceptors (Lipinski definition) is 5. The van der Waals surface area contributed by atoms with Crippen LogP contribution in [0.2, 0.25) is 0 Å². The van der Waals surface area contributed by atoms with E-state index in [4.69, 9.17) is 4.74 Å². The Balaban J connectivity index is 1.62. The molecule has 1 N–H and O–H groups in total. The average Bonchev–Trinajstić information content (AvgIpc) is 3.10. The molecule has 1 amide bonds. The monoisotopic (exact) mass is 478 g/mol. The number of methoxy groups -OCH3 is 1. The zero-order chi connectivity index (χ0) is 20.8. The molecule has 152 valence electrons. The van der Waals surface area contributed by atoms with Crippen molar-refractivity contribution in [2.24, 2.45) is 0 Å². The zero-order valence-corrected chi connectivity index (χ0v) is 18.4. The van der Waals surface area contributed by atoms with Crippen LogP contribution in [-0.4, -0.2) is 33.5 Å². The van der Waals surface area contributed by atoms with Gasteiger partial charge in [-0.15, -0.1) is 10.2 Å². The van der Waals surface area contributed by atoms with E-state index in [0.29, 0.717) is 22.6 Å². The minimum Gasteiger partial charge on any atom is -0.497 e. The first kappa shape index (κ1) is 21.3. The third-order valence-electron chi connectivity index (χ3n) is 4.17. The lowest BCUT2D eigenvalue weighted by Gasteiger charge is -2.09. The Morgan fingerprint density at radius 1 is 1.24 bits per heavy atom. The highest BCUT2D eigenvalue weighted by Crippen LogP contribution is 2.22. The maximum absolute atomic E-state index is 13.9. The maximum Gasteiger partial charge on any atom is 0.234 e. The molecule has 2 aromatic carbocycles. The molecule has 0 saturated carbocycles. The summed E-state index contributed by atoms with van der Waals surface area (Å²) in [4.78, 5) is 12.2. The van der Waals surface area contributed by atoms with Crippen molar-refractivity contribution in [3.8, 4) is 5.75 Å². The molecule has 29 heavy (non-hydrogen) atoms. The van der Waals surface area contributed by atoms with E-state index in [9.17, 15) is 9.18 Å². The van der Waals surface area contributed by atoms with E-state index in [1.165, 1.54) is 23.9 Å². The maximum atomic E-state index is 13.9. The normalized spacial score (nSPS) is 10.8. The van der Waals surface area contributed by atoms with Crippen LogP contribution < -0.4 is 10.1 Å². The van der Waals surface area contributed by atoms with Gasteiger partial charge in [0.25, 0.3) is 0 Å². The SMILES string of the molecule is CCn1c(Cc2ccc(OC)cc2)nnc1SCC(=O)Nc1ccc(Br)cc1F. The number of aromatic nitrogens is 3. The number of halogens is 2. The summed E-state index contributed by atoms with van der Waals surface area (Å²) in [5, 5.41) is 11.7. The smallest absolute Gasteiger partial charge is 0.234 e. The van der Waals surface area contributed by atoms with Crippen molar-refractivity contribution in [1.82, 2.24) is 14.8 Å². The molecule has 1 aromatic heterocycles. The fourth-order valence-corrected chi connectivity index (χ4v) is 3.86. The summed E-state index contributed by atoms with van der Waals surface area (Å²) in [5.41, 5.74) is 1.24. The van der Waals surface area contributed by atoms with Crippen LogP contribution in [0.15, 0.2) is 52.1 Å². The molecule has 1 heterocycles. The molecule has 3 rings (SSSR count). The Kier molecular flexibility index (Phi) is 7.27. The van der Waals surface area contributed by atoms with Gasteiger partial charge < -0.3 is 14.6 Å². The number of thioether (sulfide) groups is 1. The predicted octanol–water partition coefficient (Wildman–Crippen LogP) is 4.53. The second kappa shape index (κ2) is 9.89. The molecule has 0 radical (unpaired) electrons. The van der Waals surface area contributed by atoms with Crippen LogP contribution in [-0.2, 0) is 17.8 Å². The first-order chi connectivity index (χ1) is 14.0. The Labute approximate surface area is 181 Å². The minimum atomic E-state index is -0.490. The molecule has 0 aliphatic heterocycles. The van der Waals surface area contributed by atoms with Crippen molar-refractivity contribution < 1.29 is 13.9 Å².